The minimum Gasteiger partial charge on any atom is -0.494 e. The number of nitrogens with one attached hydrogen (secondary N) is 1. The molecule has 0 unspecified atom stereocenters. The lowest BCUT2D eigenvalue weighted by molar-refractivity contribution is 0.0303. The van der Waals surface area contributed by atoms with Gasteiger partial charge in [-0.2, -0.15) is 0 Å². The first-order valence-electron chi connectivity index (χ1n) is 10.1. The van der Waals surface area contributed by atoms with Gasteiger partial charge in [0.15, 0.2) is 0 Å². The molecule has 3 aromatic rings. The molecule has 1 fully saturated rings. The van der Waals surface area contributed by atoms with Crippen LogP contribution in [0.25, 0.3) is 10.9 Å². The molecule has 0 saturated carbocycles. The molecule has 1 saturated heterocycles. The third kappa shape index (κ3) is 4.50. The second kappa shape index (κ2) is 9.32. The molecule has 1 aromatic heterocycles. The highest BCUT2D eigenvalue weighted by atomic mass is 35.5. The van der Waals surface area contributed by atoms with E-state index < -0.39 is 0 Å². The summed E-state index contributed by atoms with van der Waals surface area (Å²) >= 11 is 6.25. The Morgan fingerprint density at radius 2 is 1.97 bits per heavy atom. The minimum absolute atomic E-state index is 0.0538. The average molecular weight is 426 g/mol. The van der Waals surface area contributed by atoms with Crippen LogP contribution in [0.15, 0.2) is 48.7 Å². The number of halogens is 1. The van der Waals surface area contributed by atoms with Gasteiger partial charge in [-0.15, -0.1) is 0 Å². The lowest BCUT2D eigenvalue weighted by Gasteiger charge is -2.28. The molecule has 1 aliphatic heterocycles. The van der Waals surface area contributed by atoms with Crippen molar-refractivity contribution < 1.29 is 14.3 Å². The van der Waals surface area contributed by atoms with E-state index in [0.29, 0.717) is 50.0 Å². The molecule has 30 heavy (non-hydrogen) atoms. The highest BCUT2D eigenvalue weighted by molar-refractivity contribution is 6.31. The Morgan fingerprint density at radius 1 is 1.20 bits per heavy atom. The molecular weight excluding hydrogens is 402 g/mol. The number of aromatic nitrogens is 1. The number of hydrogen-bond acceptors (Lipinski definition) is 5. The van der Waals surface area contributed by atoms with Crippen molar-refractivity contribution in [3.63, 3.8) is 0 Å². The molecule has 4 rings (SSSR count). The van der Waals surface area contributed by atoms with Gasteiger partial charge >= 0.3 is 0 Å². The number of nitrogens with zero attached hydrogens (tertiary/aromatic N) is 2. The number of anilines is 1. The third-order valence-corrected chi connectivity index (χ3v) is 5.30. The highest BCUT2D eigenvalue weighted by Crippen LogP contribution is 2.30. The summed E-state index contributed by atoms with van der Waals surface area (Å²) in [6.45, 7) is 5.40. The molecule has 0 atom stereocenters. The molecule has 0 spiro atoms. The Bertz CT molecular complexity index is 1030. The Hall–Kier alpha value is -2.83. The fourth-order valence-electron chi connectivity index (χ4n) is 3.51. The Morgan fingerprint density at radius 3 is 2.70 bits per heavy atom. The fraction of sp³-hybridized carbons (Fsp3) is 0.304. The van der Waals surface area contributed by atoms with E-state index in [2.05, 4.69) is 10.3 Å². The van der Waals surface area contributed by atoms with Crippen molar-refractivity contribution in [2.75, 3.05) is 38.2 Å². The van der Waals surface area contributed by atoms with Crippen LogP contribution in [0.4, 0.5) is 5.69 Å². The van der Waals surface area contributed by atoms with E-state index in [-0.39, 0.29) is 5.91 Å². The van der Waals surface area contributed by atoms with E-state index in [9.17, 15) is 4.79 Å². The summed E-state index contributed by atoms with van der Waals surface area (Å²) in [7, 11) is 0. The molecule has 2 aromatic carbocycles. The molecule has 2 heterocycles. The minimum atomic E-state index is -0.0538. The summed E-state index contributed by atoms with van der Waals surface area (Å²) in [5.74, 6) is 0.785. The fourth-order valence-corrected chi connectivity index (χ4v) is 3.69. The molecule has 1 N–H and O–H groups in total. The van der Waals surface area contributed by atoms with Crippen LogP contribution >= 0.6 is 11.6 Å². The molecule has 1 aliphatic rings. The van der Waals surface area contributed by atoms with Crippen LogP contribution in [0, 0.1) is 0 Å². The van der Waals surface area contributed by atoms with Crippen LogP contribution in [0.3, 0.4) is 0 Å². The molecule has 0 radical (unpaired) electrons. The largest absolute Gasteiger partial charge is 0.494 e. The Balaban J connectivity index is 1.66. The number of fused-ring (bicyclic) bond motifs is 1. The summed E-state index contributed by atoms with van der Waals surface area (Å²) in [4.78, 5) is 19.5. The first kappa shape index (κ1) is 20.4. The maximum atomic E-state index is 13.2. The number of amides is 1. The van der Waals surface area contributed by atoms with Crippen LogP contribution in [0.5, 0.6) is 5.75 Å². The van der Waals surface area contributed by atoms with Gasteiger partial charge in [-0.3, -0.25) is 9.78 Å². The second-order valence-electron chi connectivity index (χ2n) is 7.04. The van der Waals surface area contributed by atoms with Crippen LogP contribution < -0.4 is 10.1 Å². The van der Waals surface area contributed by atoms with Gasteiger partial charge in [0.25, 0.3) is 5.91 Å². The van der Waals surface area contributed by atoms with Crippen molar-refractivity contribution in [2.24, 2.45) is 0 Å². The lowest BCUT2D eigenvalue weighted by Crippen LogP contribution is -2.41. The molecule has 0 aliphatic carbocycles. The standard InChI is InChI=1S/C23H24ClN3O3/c1-2-30-18-6-3-16(4-7-18)14-26-22-19-13-17(24)5-8-21(19)25-15-20(22)23(28)27-9-11-29-12-10-27/h3-8,13,15H,2,9-12,14H2,1H3,(H,25,26). The molecule has 6 nitrogen and oxygen atoms in total. The average Bonchev–Trinajstić information content (AvgIpc) is 2.78. The lowest BCUT2D eigenvalue weighted by atomic mass is 10.1. The van der Waals surface area contributed by atoms with E-state index in [0.717, 1.165) is 27.9 Å². The van der Waals surface area contributed by atoms with Crippen LogP contribution in [-0.4, -0.2) is 48.7 Å². The van der Waals surface area contributed by atoms with Gasteiger partial charge in [0.1, 0.15) is 5.75 Å². The smallest absolute Gasteiger partial charge is 0.257 e. The zero-order chi connectivity index (χ0) is 20.9. The van der Waals surface area contributed by atoms with Gasteiger partial charge in [-0.05, 0) is 42.8 Å². The maximum Gasteiger partial charge on any atom is 0.257 e. The van der Waals surface area contributed by atoms with Crippen LogP contribution in [-0.2, 0) is 11.3 Å². The molecule has 7 heteroatoms. The number of benzene rings is 2. The van der Waals surface area contributed by atoms with Crippen molar-refractivity contribution in [1.82, 2.24) is 9.88 Å². The van der Waals surface area contributed by atoms with Gasteiger partial charge in [0.2, 0.25) is 0 Å². The Labute approximate surface area is 180 Å². The maximum absolute atomic E-state index is 13.2. The van der Waals surface area contributed by atoms with Crippen molar-refractivity contribution >= 4 is 34.1 Å². The molecule has 1 amide bonds. The highest BCUT2D eigenvalue weighted by Gasteiger charge is 2.23. The van der Waals surface area contributed by atoms with Gasteiger partial charge in [-0.1, -0.05) is 23.7 Å². The first-order chi connectivity index (χ1) is 14.7. The van der Waals surface area contributed by atoms with Gasteiger partial charge in [0, 0.05) is 36.2 Å². The topological polar surface area (TPSA) is 63.7 Å². The predicted octanol–water partition coefficient (Wildman–Crippen LogP) is 4.37. The SMILES string of the molecule is CCOc1ccc(CNc2c(C(=O)N3CCOCC3)cnc3ccc(Cl)cc23)cc1. The number of carbonyl (C=O) groups is 1. The second-order valence-corrected chi connectivity index (χ2v) is 7.48. The molecule has 156 valence electrons. The summed E-state index contributed by atoms with van der Waals surface area (Å²) in [6, 6.07) is 13.4. The van der Waals surface area contributed by atoms with Gasteiger partial charge in [-0.25, -0.2) is 0 Å². The number of morpholine rings is 1. The monoisotopic (exact) mass is 425 g/mol. The van der Waals surface area contributed by atoms with Gasteiger partial charge in [0.05, 0.1) is 36.6 Å². The molecular formula is C23H24ClN3O3. The van der Waals surface area contributed by atoms with E-state index >= 15 is 0 Å². The first-order valence-corrected chi connectivity index (χ1v) is 10.4. The third-order valence-electron chi connectivity index (χ3n) is 5.06. The Kier molecular flexibility index (Phi) is 6.35. The summed E-state index contributed by atoms with van der Waals surface area (Å²) in [5.41, 5.74) is 3.15. The number of rotatable bonds is 6. The van der Waals surface area contributed by atoms with Crippen LogP contribution in [0.1, 0.15) is 22.8 Å². The molecule has 0 bridgehead atoms. The predicted molar refractivity (Wildman–Crippen MR) is 118 cm³/mol. The van der Waals surface area contributed by atoms with E-state index in [1.165, 1.54) is 0 Å². The number of ether oxygens (including phenoxy) is 2. The number of carbonyl (C=O) groups excluding carboxylic acids is 1. The van der Waals surface area contributed by atoms with Crippen molar-refractivity contribution in [3.8, 4) is 5.75 Å². The zero-order valence-corrected chi connectivity index (χ0v) is 17.6. The van der Waals surface area contributed by atoms with Crippen molar-refractivity contribution in [1.29, 1.82) is 0 Å². The summed E-state index contributed by atoms with van der Waals surface area (Å²) < 4.78 is 10.9. The van der Waals surface area contributed by atoms with Crippen molar-refractivity contribution in [3.05, 3.63) is 64.8 Å². The normalized spacial score (nSPS) is 14.0. The van der Waals surface area contributed by atoms with Crippen molar-refractivity contribution in [2.45, 2.75) is 13.5 Å². The summed E-state index contributed by atoms with van der Waals surface area (Å²) in [5, 5.41) is 4.88. The van der Waals surface area contributed by atoms with Gasteiger partial charge < -0.3 is 19.7 Å². The number of pyridine rings is 1. The van der Waals surface area contributed by atoms with E-state index in [1.807, 2.05) is 43.3 Å². The van der Waals surface area contributed by atoms with E-state index in [1.54, 1.807) is 17.2 Å². The zero-order valence-electron chi connectivity index (χ0n) is 16.9. The quantitative estimate of drug-likeness (QED) is 0.635. The van der Waals surface area contributed by atoms with E-state index in [4.69, 9.17) is 21.1 Å². The summed E-state index contributed by atoms with van der Waals surface area (Å²) in [6.07, 6.45) is 1.65. The van der Waals surface area contributed by atoms with Crippen LogP contribution in [0.2, 0.25) is 5.02 Å². The number of hydrogen-bond donors (Lipinski definition) is 1.